The lowest BCUT2D eigenvalue weighted by atomic mass is 9.93. The Bertz CT molecular complexity index is 7430. The first kappa shape index (κ1) is 73.3. The second-order valence-electron chi connectivity index (χ2n) is 32.3. The third-order valence-corrected chi connectivity index (χ3v) is 24.3. The summed E-state index contributed by atoms with van der Waals surface area (Å²) in [7, 11) is 4.21. The van der Waals surface area contributed by atoms with Crippen molar-refractivity contribution >= 4 is 98.5 Å². The Labute approximate surface area is 683 Å². The van der Waals surface area contributed by atoms with E-state index in [9.17, 15) is 0 Å². The number of fused-ring (bicyclic) bond motifs is 12. The van der Waals surface area contributed by atoms with Gasteiger partial charge in [-0.3, -0.25) is 13.7 Å². The Hall–Kier alpha value is -13.9. The van der Waals surface area contributed by atoms with Crippen molar-refractivity contribution in [1.29, 1.82) is 0 Å². The quantitative estimate of drug-likeness (QED) is 0.137. The Kier molecular flexibility index (Phi) is 18.3. The van der Waals surface area contributed by atoms with Gasteiger partial charge < -0.3 is 13.7 Å². The zero-order valence-corrected chi connectivity index (χ0v) is 69.0. The lowest BCUT2D eigenvalue weighted by Crippen LogP contribution is -2.05. The third-order valence-electron chi connectivity index (χ3n) is 24.3. The molecule has 0 unspecified atom stereocenters. The number of rotatable bonds is 10. The van der Waals surface area contributed by atoms with Gasteiger partial charge in [0.25, 0.3) is 0 Å². The lowest BCUT2D eigenvalue weighted by Gasteiger charge is -2.12. The first-order valence-corrected chi connectivity index (χ1v) is 40.8. The van der Waals surface area contributed by atoms with Gasteiger partial charge in [0, 0.05) is 53.0 Å². The summed E-state index contributed by atoms with van der Waals surface area (Å²) < 4.78 is 13.7. The molecule has 570 valence electrons. The van der Waals surface area contributed by atoms with Gasteiger partial charge in [-0.25, -0.2) is 15.0 Å². The fourth-order valence-electron chi connectivity index (χ4n) is 18.8. The molecule has 0 aliphatic heterocycles. The van der Waals surface area contributed by atoms with Gasteiger partial charge in [-0.15, -0.1) is 0 Å². The molecule has 0 aliphatic carbocycles. The Morgan fingerprint density at radius 1 is 0.222 bits per heavy atom. The summed E-state index contributed by atoms with van der Waals surface area (Å²) >= 11 is 0. The lowest BCUT2D eigenvalue weighted by molar-refractivity contribution is 0.754. The van der Waals surface area contributed by atoms with Crippen LogP contribution in [0.2, 0.25) is 0 Å². The molecule has 6 heterocycles. The average Bonchev–Trinajstić information content (AvgIpc) is 1.58. The van der Waals surface area contributed by atoms with Gasteiger partial charge in [-0.2, -0.15) is 0 Å². The van der Waals surface area contributed by atoms with Crippen LogP contribution in [-0.2, 0) is 20.6 Å². The van der Waals surface area contributed by atoms with E-state index in [2.05, 4.69) is 422 Å². The molecule has 9 nitrogen and oxygen atoms in total. The highest BCUT2D eigenvalue weighted by molar-refractivity contribution is 6.15. The van der Waals surface area contributed by atoms with Gasteiger partial charge >= 0.3 is 0 Å². The van der Waals surface area contributed by atoms with E-state index in [4.69, 9.17) is 15.0 Å². The van der Waals surface area contributed by atoms with E-state index in [-0.39, 0.29) is 0 Å². The van der Waals surface area contributed by atoms with Crippen LogP contribution in [0.4, 0.5) is 0 Å². The number of imidazole rings is 3. The van der Waals surface area contributed by atoms with Gasteiger partial charge in [-0.1, -0.05) is 210 Å². The largest absolute Gasteiger partial charge is 0.313 e. The maximum absolute atomic E-state index is 5.17. The summed E-state index contributed by atoms with van der Waals surface area (Å²) in [5.41, 5.74) is 42.8. The monoisotopic (exact) mass is 1520 g/mol. The number of aryl methyl sites for hydroxylation is 14. The fraction of sp³-hybridized carbons (Fsp3) is 0.139. The molecule has 0 bridgehead atoms. The van der Waals surface area contributed by atoms with Gasteiger partial charge in [0.1, 0.15) is 0 Å². The van der Waals surface area contributed by atoms with Gasteiger partial charge in [-0.05, 0) is 298 Å². The fourth-order valence-corrected chi connectivity index (χ4v) is 18.8. The molecule has 0 N–H and O–H groups in total. The zero-order valence-electron chi connectivity index (χ0n) is 69.0. The number of aromatic nitrogens is 9. The van der Waals surface area contributed by atoms with Crippen LogP contribution in [0.15, 0.2) is 297 Å². The zero-order chi connectivity index (χ0) is 80.3. The van der Waals surface area contributed by atoms with Crippen LogP contribution in [0.1, 0.15) is 68.1 Å². The third kappa shape index (κ3) is 12.7. The van der Waals surface area contributed by atoms with Crippen molar-refractivity contribution in [3.63, 3.8) is 0 Å². The molecule has 0 spiro atoms. The van der Waals surface area contributed by atoms with Crippen molar-refractivity contribution in [3.05, 3.63) is 358 Å². The van der Waals surface area contributed by atoms with Gasteiger partial charge in [0.05, 0.1) is 66.2 Å². The summed E-state index contributed by atoms with van der Waals surface area (Å²) in [5, 5.41) is 7.44. The summed E-state index contributed by atoms with van der Waals surface area (Å²) in [6.07, 6.45) is 0. The molecular weight excluding hydrogens is 1420 g/mol. The Balaban J connectivity index is 0.000000117. The predicted molar refractivity (Wildman–Crippen MR) is 495 cm³/mol. The topological polar surface area (TPSA) is 68.2 Å². The van der Waals surface area contributed by atoms with Crippen LogP contribution in [0.5, 0.6) is 0 Å². The maximum atomic E-state index is 5.17. The van der Waals surface area contributed by atoms with E-state index in [0.29, 0.717) is 0 Å². The van der Waals surface area contributed by atoms with Crippen LogP contribution < -0.4 is 0 Å². The van der Waals surface area contributed by atoms with Crippen LogP contribution in [-0.4, -0.2) is 42.4 Å². The summed E-state index contributed by atoms with van der Waals surface area (Å²) in [4.78, 5) is 15.3. The number of nitrogens with zero attached hydrogens (tertiary/aromatic N) is 9. The minimum atomic E-state index is 0.845. The van der Waals surface area contributed by atoms with E-state index in [1.54, 1.807) is 0 Å². The van der Waals surface area contributed by atoms with Crippen LogP contribution in [0.3, 0.4) is 0 Å². The molecule has 0 fully saturated rings. The van der Waals surface area contributed by atoms with Gasteiger partial charge in [0.2, 0.25) is 17.8 Å². The predicted octanol–water partition coefficient (Wildman–Crippen LogP) is 27.9. The molecule has 0 aliphatic rings. The van der Waals surface area contributed by atoms with E-state index in [1.807, 2.05) is 0 Å². The molecular formula is C108H93N9. The number of hydrogen-bond donors (Lipinski definition) is 0. The van der Waals surface area contributed by atoms with Crippen LogP contribution in [0, 0.1) is 76.2 Å². The molecule has 0 radical (unpaired) electrons. The summed E-state index contributed by atoms with van der Waals surface area (Å²) in [6, 6.07) is 108. The SMILES string of the molecule is CCn1c(-n2c3ccc(-c4c(C)cccc4C)cc3c3cc(-c4c(C)cccc4C)ccc32)nc2ccccc21.Cc1cc(C)cc(-c2ccc3c(c2)c2cc(-c4ccc(C)cc4C)ccc2n3-c2nc3ccccc3n2C)c1.Cc1ccc(-c2ccc3c(c2)c2cc(-c4ccccc4C)ccc2n3-c2nc3ccccc3n2C)c(C)c1. The maximum Gasteiger partial charge on any atom is 0.215 e. The van der Waals surface area contributed by atoms with Crippen molar-refractivity contribution < 1.29 is 0 Å². The molecule has 0 amide bonds. The Morgan fingerprint density at radius 2 is 0.538 bits per heavy atom. The van der Waals surface area contributed by atoms with Crippen molar-refractivity contribution in [2.75, 3.05) is 0 Å². The summed E-state index contributed by atoms with van der Waals surface area (Å²) in [5.74, 6) is 2.81. The average molecular weight is 1520 g/mol. The van der Waals surface area contributed by atoms with Crippen molar-refractivity contribution in [2.45, 2.75) is 89.6 Å². The first-order valence-electron chi connectivity index (χ1n) is 40.8. The minimum Gasteiger partial charge on any atom is -0.313 e. The molecule has 117 heavy (non-hydrogen) atoms. The van der Waals surface area contributed by atoms with Crippen molar-refractivity contribution in [3.8, 4) is 84.6 Å². The van der Waals surface area contributed by atoms with Crippen molar-refractivity contribution in [2.24, 2.45) is 14.1 Å². The van der Waals surface area contributed by atoms with E-state index in [1.165, 1.54) is 171 Å². The molecule has 21 aromatic rings. The van der Waals surface area contributed by atoms with E-state index < -0.39 is 0 Å². The highest BCUT2D eigenvalue weighted by atomic mass is 15.3. The van der Waals surface area contributed by atoms with E-state index >= 15 is 0 Å². The number of hydrogen-bond acceptors (Lipinski definition) is 3. The molecule has 9 heteroatoms. The highest BCUT2D eigenvalue weighted by Crippen LogP contribution is 2.44. The molecule has 0 atom stereocenters. The second kappa shape index (κ2) is 29.2. The standard InChI is InChI=1S/C37H33N3.C36H31N3.C35H29N3/c1-6-39-34-16-8-7-15-31(34)38-37(39)40-32-19-17-27(35-23(2)11-9-12-24(35)3)21-29(32)30-22-28(18-20-33(30)40)36-25(4)13-10-14-26(36)5;1-22-10-13-29(25(4)17-22)27-12-15-34-31(21-27)30-20-26(28-18-23(2)16-24(3)19-28)11-14-33(30)39(34)36-37-32-8-6-7-9-35(32)38(36)5;1-22-13-16-28(24(3)19-22)26-15-18-33-30(21-26)29-20-25(27-10-6-5-9-23(27)2)14-17-32(29)38(33)35-36-31-11-7-8-12-34(31)37(35)4/h7-22H,6H2,1-5H3;6-21H,1-5H3;5-21H,1-4H3. The number of benzene rings is 15. The van der Waals surface area contributed by atoms with Crippen LogP contribution in [0.25, 0.3) is 183 Å². The molecule has 0 saturated heterocycles. The molecule has 21 rings (SSSR count). The molecule has 15 aromatic carbocycles. The molecule has 6 aromatic heterocycles. The second-order valence-corrected chi connectivity index (χ2v) is 32.3. The van der Waals surface area contributed by atoms with Crippen molar-refractivity contribution in [1.82, 2.24) is 42.4 Å². The minimum absolute atomic E-state index is 0.845. The highest BCUT2D eigenvalue weighted by Gasteiger charge is 2.25. The molecule has 0 saturated carbocycles. The summed E-state index contributed by atoms with van der Waals surface area (Å²) in [6.45, 7) is 27.1. The van der Waals surface area contributed by atoms with Crippen LogP contribution >= 0.6 is 0 Å². The van der Waals surface area contributed by atoms with Gasteiger partial charge in [0.15, 0.2) is 0 Å². The normalized spacial score (nSPS) is 11.7. The Morgan fingerprint density at radius 3 is 0.932 bits per heavy atom. The number of para-hydroxylation sites is 6. The van der Waals surface area contributed by atoms with E-state index in [0.717, 1.165) is 79.6 Å². The smallest absolute Gasteiger partial charge is 0.215 e. The first-order chi connectivity index (χ1) is 56.8.